The Morgan fingerprint density at radius 3 is 2.47 bits per heavy atom. The van der Waals surface area contributed by atoms with Gasteiger partial charge >= 0.3 is 11.9 Å². The lowest BCUT2D eigenvalue weighted by Gasteiger charge is -2.45. The van der Waals surface area contributed by atoms with Crippen LogP contribution in [0.3, 0.4) is 0 Å². The molecule has 0 amide bonds. The quantitative estimate of drug-likeness (QED) is 0.700. The summed E-state index contributed by atoms with van der Waals surface area (Å²) in [6.07, 6.45) is 1.84. The molecule has 0 spiro atoms. The molecule has 0 saturated carbocycles. The lowest BCUT2D eigenvalue weighted by atomic mass is 9.93. The van der Waals surface area contributed by atoms with E-state index < -0.39 is 5.72 Å². The minimum Gasteiger partial charge on any atom is -0.462 e. The molecule has 1 saturated heterocycles. The third kappa shape index (κ3) is 3.43. The highest BCUT2D eigenvalue weighted by atomic mass is 16.6. The van der Waals surface area contributed by atoms with E-state index in [0.717, 1.165) is 13.0 Å². The Bertz CT molecular complexity index is 305. The van der Waals surface area contributed by atoms with Crippen LogP contribution in [0.1, 0.15) is 40.0 Å². The third-order valence-corrected chi connectivity index (χ3v) is 3.25. The van der Waals surface area contributed by atoms with Gasteiger partial charge in [-0.15, -0.1) is 0 Å². The molecule has 5 nitrogen and oxygen atoms in total. The number of ether oxygens (including phenoxy) is 2. The molecule has 17 heavy (non-hydrogen) atoms. The van der Waals surface area contributed by atoms with Gasteiger partial charge in [-0.1, -0.05) is 6.92 Å². The van der Waals surface area contributed by atoms with Crippen molar-refractivity contribution >= 4 is 11.9 Å². The number of rotatable bonds is 3. The van der Waals surface area contributed by atoms with E-state index in [9.17, 15) is 9.59 Å². The van der Waals surface area contributed by atoms with Crippen molar-refractivity contribution in [3.8, 4) is 0 Å². The van der Waals surface area contributed by atoms with Crippen molar-refractivity contribution in [2.45, 2.75) is 51.9 Å². The minimum absolute atomic E-state index is 0.164. The average molecular weight is 243 g/mol. The maximum absolute atomic E-state index is 11.2. The van der Waals surface area contributed by atoms with E-state index in [0.29, 0.717) is 12.8 Å². The van der Waals surface area contributed by atoms with Crippen molar-refractivity contribution < 1.29 is 19.1 Å². The summed E-state index contributed by atoms with van der Waals surface area (Å²) in [7, 11) is 1.93. The molecule has 5 heteroatoms. The Kier molecular flexibility index (Phi) is 4.51. The van der Waals surface area contributed by atoms with Gasteiger partial charge in [-0.25, -0.2) is 0 Å². The predicted molar refractivity (Wildman–Crippen MR) is 62.2 cm³/mol. The topological polar surface area (TPSA) is 55.8 Å². The maximum Gasteiger partial charge on any atom is 0.304 e. The number of carbonyl (C=O) groups excluding carboxylic acids is 2. The lowest BCUT2D eigenvalue weighted by Crippen LogP contribution is -2.56. The molecule has 1 heterocycles. The number of hydrogen-bond donors (Lipinski definition) is 0. The number of hydrogen-bond acceptors (Lipinski definition) is 5. The number of likely N-dealkylation sites (tertiary alicyclic amines) is 1. The Morgan fingerprint density at radius 1 is 1.35 bits per heavy atom. The van der Waals surface area contributed by atoms with Gasteiger partial charge in [0.15, 0.2) is 5.72 Å². The monoisotopic (exact) mass is 243 g/mol. The molecule has 98 valence electrons. The molecule has 1 fully saturated rings. The second-order valence-electron chi connectivity index (χ2n) is 4.54. The first-order valence-corrected chi connectivity index (χ1v) is 5.97. The molecule has 0 aliphatic carbocycles. The van der Waals surface area contributed by atoms with Gasteiger partial charge in [-0.2, -0.15) is 0 Å². The van der Waals surface area contributed by atoms with E-state index in [1.54, 1.807) is 0 Å². The number of nitrogens with zero attached hydrogens (tertiary/aromatic N) is 1. The standard InChI is InChI=1S/C12H21NO4/c1-5-12(17-10(3)15)8-11(16-9(2)14)6-7-13(12)4/h11H,5-8H2,1-4H3. The smallest absolute Gasteiger partial charge is 0.304 e. The number of carbonyl (C=O) groups is 2. The highest BCUT2D eigenvalue weighted by Gasteiger charge is 2.43. The number of piperidine rings is 1. The summed E-state index contributed by atoms with van der Waals surface area (Å²) in [5, 5.41) is 0. The fourth-order valence-electron chi connectivity index (χ4n) is 2.36. The van der Waals surface area contributed by atoms with Crippen LogP contribution in [0.15, 0.2) is 0 Å². The molecule has 0 radical (unpaired) electrons. The average Bonchev–Trinajstić information content (AvgIpc) is 2.21. The normalized spacial score (nSPS) is 29.8. The van der Waals surface area contributed by atoms with Gasteiger partial charge in [0, 0.05) is 26.8 Å². The molecule has 2 atom stereocenters. The van der Waals surface area contributed by atoms with Crippen LogP contribution in [0.2, 0.25) is 0 Å². The largest absolute Gasteiger partial charge is 0.462 e. The highest BCUT2D eigenvalue weighted by Crippen LogP contribution is 2.32. The first-order chi connectivity index (χ1) is 7.89. The summed E-state index contributed by atoms with van der Waals surface area (Å²) in [5.41, 5.74) is -0.635. The summed E-state index contributed by atoms with van der Waals surface area (Å²) >= 11 is 0. The van der Waals surface area contributed by atoms with Crippen molar-refractivity contribution in [3.05, 3.63) is 0 Å². The lowest BCUT2D eigenvalue weighted by molar-refractivity contribution is -0.202. The molecule has 0 N–H and O–H groups in total. The van der Waals surface area contributed by atoms with Crippen LogP contribution < -0.4 is 0 Å². The summed E-state index contributed by atoms with van der Waals surface area (Å²) in [6.45, 7) is 5.52. The molecule has 0 aromatic heterocycles. The van der Waals surface area contributed by atoms with Gasteiger partial charge < -0.3 is 9.47 Å². The van der Waals surface area contributed by atoms with Crippen LogP contribution in [0.25, 0.3) is 0 Å². The Balaban J connectivity index is 2.77. The molecule has 0 bridgehead atoms. The predicted octanol–water partition coefficient (Wildman–Crippen LogP) is 1.31. The Morgan fingerprint density at radius 2 is 2.00 bits per heavy atom. The van der Waals surface area contributed by atoms with Crippen molar-refractivity contribution in [2.75, 3.05) is 13.6 Å². The van der Waals surface area contributed by atoms with E-state index in [2.05, 4.69) is 0 Å². The van der Waals surface area contributed by atoms with Gasteiger partial charge in [0.25, 0.3) is 0 Å². The van der Waals surface area contributed by atoms with Crippen LogP contribution >= 0.6 is 0 Å². The second-order valence-corrected chi connectivity index (χ2v) is 4.54. The molecule has 0 aromatic rings. The second kappa shape index (κ2) is 5.49. The van der Waals surface area contributed by atoms with E-state index in [-0.39, 0.29) is 18.0 Å². The molecule has 1 aliphatic rings. The Labute approximate surface area is 102 Å². The van der Waals surface area contributed by atoms with Gasteiger partial charge in [0.05, 0.1) is 0 Å². The van der Waals surface area contributed by atoms with Crippen molar-refractivity contribution in [3.63, 3.8) is 0 Å². The van der Waals surface area contributed by atoms with Gasteiger partial charge in [0.2, 0.25) is 0 Å². The highest BCUT2D eigenvalue weighted by molar-refractivity contribution is 5.67. The molecular formula is C12H21NO4. The summed E-state index contributed by atoms with van der Waals surface area (Å²) in [5.74, 6) is -0.588. The van der Waals surface area contributed by atoms with Crippen molar-refractivity contribution in [1.29, 1.82) is 0 Å². The molecule has 0 aromatic carbocycles. The zero-order valence-corrected chi connectivity index (χ0v) is 11.0. The van der Waals surface area contributed by atoms with E-state index >= 15 is 0 Å². The van der Waals surface area contributed by atoms with Gasteiger partial charge in [-0.05, 0) is 19.9 Å². The van der Waals surface area contributed by atoms with E-state index in [1.165, 1.54) is 13.8 Å². The van der Waals surface area contributed by atoms with Crippen LogP contribution in [-0.2, 0) is 19.1 Å². The van der Waals surface area contributed by atoms with E-state index in [4.69, 9.17) is 9.47 Å². The van der Waals surface area contributed by atoms with Crippen molar-refractivity contribution in [1.82, 2.24) is 4.90 Å². The van der Waals surface area contributed by atoms with Crippen LogP contribution in [0, 0.1) is 0 Å². The first-order valence-electron chi connectivity index (χ1n) is 5.97. The van der Waals surface area contributed by atoms with Crippen LogP contribution in [0.5, 0.6) is 0 Å². The molecule has 2 unspecified atom stereocenters. The van der Waals surface area contributed by atoms with Crippen molar-refractivity contribution in [2.24, 2.45) is 0 Å². The zero-order valence-electron chi connectivity index (χ0n) is 11.0. The summed E-state index contributed by atoms with van der Waals surface area (Å²) < 4.78 is 10.7. The third-order valence-electron chi connectivity index (χ3n) is 3.25. The first kappa shape index (κ1) is 14.0. The number of esters is 2. The fraction of sp³-hybridized carbons (Fsp3) is 0.833. The van der Waals surface area contributed by atoms with E-state index in [1.807, 2.05) is 18.9 Å². The SMILES string of the molecule is CCC1(OC(C)=O)CC(OC(C)=O)CCN1C. The zero-order chi connectivity index (χ0) is 13.1. The van der Waals surface area contributed by atoms with Gasteiger partial charge in [0.1, 0.15) is 6.10 Å². The molecule has 1 aliphatic heterocycles. The summed E-state index contributed by atoms with van der Waals surface area (Å²) in [6, 6.07) is 0. The van der Waals surface area contributed by atoms with Crippen LogP contribution in [-0.4, -0.2) is 42.3 Å². The molecular weight excluding hydrogens is 222 g/mol. The fourth-order valence-corrected chi connectivity index (χ4v) is 2.36. The maximum atomic E-state index is 11.2. The van der Waals surface area contributed by atoms with Gasteiger partial charge in [-0.3, -0.25) is 14.5 Å². The Hall–Kier alpha value is -1.10. The van der Waals surface area contributed by atoms with Crippen LogP contribution in [0.4, 0.5) is 0 Å². The minimum atomic E-state index is -0.635. The molecule has 1 rings (SSSR count). The summed E-state index contributed by atoms with van der Waals surface area (Å²) in [4.78, 5) is 24.2.